The first-order valence-electron chi connectivity index (χ1n) is 7.65. The van der Waals surface area contributed by atoms with Crippen molar-refractivity contribution >= 4 is 12.0 Å². The van der Waals surface area contributed by atoms with Crippen LogP contribution in [-0.4, -0.2) is 65.7 Å². The van der Waals surface area contributed by atoms with Crippen LogP contribution in [0.4, 0.5) is 4.79 Å². The maximum absolute atomic E-state index is 11.9. The molecule has 0 spiro atoms. The average Bonchev–Trinajstić information content (AvgIpc) is 2.48. The zero-order valence-electron chi connectivity index (χ0n) is 12.0. The molecule has 114 valence electrons. The predicted octanol–water partition coefficient (Wildman–Crippen LogP) is 1.12. The van der Waals surface area contributed by atoms with Crippen molar-refractivity contribution in [2.24, 2.45) is 0 Å². The highest BCUT2D eigenvalue weighted by atomic mass is 16.4. The molecule has 2 rings (SSSR count). The summed E-state index contributed by atoms with van der Waals surface area (Å²) < 4.78 is 0. The van der Waals surface area contributed by atoms with Crippen molar-refractivity contribution in [2.75, 3.05) is 32.7 Å². The summed E-state index contributed by atoms with van der Waals surface area (Å²) in [5.74, 6) is -0.880. The fraction of sp³-hybridized carbons (Fsp3) is 0.857. The quantitative estimate of drug-likeness (QED) is 0.811. The van der Waals surface area contributed by atoms with Gasteiger partial charge < -0.3 is 20.2 Å². The van der Waals surface area contributed by atoms with Gasteiger partial charge in [0.15, 0.2) is 0 Å². The standard InChI is InChI=1S/C14H25N3O3/c18-13(19)4-7-15-14(20)17-10-5-12(6-11-17)16-8-2-1-3-9-16/h12H,1-11H2,(H,15,20)(H,18,19). The fourth-order valence-corrected chi connectivity index (χ4v) is 3.11. The smallest absolute Gasteiger partial charge is 0.317 e. The minimum Gasteiger partial charge on any atom is -0.481 e. The summed E-state index contributed by atoms with van der Waals surface area (Å²) in [6.45, 7) is 4.17. The maximum atomic E-state index is 11.9. The number of nitrogens with zero attached hydrogens (tertiary/aromatic N) is 2. The number of hydrogen-bond donors (Lipinski definition) is 2. The number of rotatable bonds is 4. The fourth-order valence-electron chi connectivity index (χ4n) is 3.11. The lowest BCUT2D eigenvalue weighted by molar-refractivity contribution is -0.136. The van der Waals surface area contributed by atoms with Crippen molar-refractivity contribution in [3.63, 3.8) is 0 Å². The number of carbonyl (C=O) groups excluding carboxylic acids is 1. The van der Waals surface area contributed by atoms with Crippen molar-refractivity contribution < 1.29 is 14.7 Å². The van der Waals surface area contributed by atoms with Crippen LogP contribution in [0, 0.1) is 0 Å². The second-order valence-electron chi connectivity index (χ2n) is 5.69. The molecule has 0 aromatic carbocycles. The molecule has 6 nitrogen and oxygen atoms in total. The van der Waals surface area contributed by atoms with E-state index in [1.165, 1.54) is 32.4 Å². The average molecular weight is 283 g/mol. The lowest BCUT2D eigenvalue weighted by atomic mass is 10.0. The molecule has 2 fully saturated rings. The van der Waals surface area contributed by atoms with Gasteiger partial charge in [-0.3, -0.25) is 4.79 Å². The van der Waals surface area contributed by atoms with Crippen molar-refractivity contribution in [3.05, 3.63) is 0 Å². The van der Waals surface area contributed by atoms with Crippen LogP contribution in [0.2, 0.25) is 0 Å². The molecular formula is C14H25N3O3. The van der Waals surface area contributed by atoms with Crippen LogP contribution in [0.3, 0.4) is 0 Å². The van der Waals surface area contributed by atoms with Gasteiger partial charge in [0, 0.05) is 25.7 Å². The SMILES string of the molecule is O=C(O)CCNC(=O)N1CCC(N2CCCCC2)CC1. The first kappa shape index (κ1) is 15.1. The molecule has 2 N–H and O–H groups in total. The molecule has 0 aromatic rings. The molecule has 0 saturated carbocycles. The van der Waals surface area contributed by atoms with Gasteiger partial charge in [-0.1, -0.05) is 6.42 Å². The van der Waals surface area contributed by atoms with Gasteiger partial charge in [0.25, 0.3) is 0 Å². The molecule has 2 saturated heterocycles. The van der Waals surface area contributed by atoms with Gasteiger partial charge in [0.1, 0.15) is 0 Å². The van der Waals surface area contributed by atoms with Gasteiger partial charge in [-0.05, 0) is 38.8 Å². The van der Waals surface area contributed by atoms with E-state index in [-0.39, 0.29) is 19.0 Å². The molecule has 0 unspecified atom stereocenters. The number of carboxylic acid groups (broad SMARTS) is 1. The normalized spacial score (nSPS) is 21.7. The largest absolute Gasteiger partial charge is 0.481 e. The Bertz CT molecular complexity index is 335. The van der Waals surface area contributed by atoms with Crippen LogP contribution in [-0.2, 0) is 4.79 Å². The summed E-state index contributed by atoms with van der Waals surface area (Å²) in [7, 11) is 0. The third-order valence-corrected chi connectivity index (χ3v) is 4.27. The Labute approximate surface area is 120 Å². The number of urea groups is 1. The van der Waals surface area contributed by atoms with E-state index < -0.39 is 5.97 Å². The first-order valence-corrected chi connectivity index (χ1v) is 7.65. The molecule has 20 heavy (non-hydrogen) atoms. The Morgan fingerprint density at radius 1 is 1.05 bits per heavy atom. The van der Waals surface area contributed by atoms with E-state index in [4.69, 9.17) is 5.11 Å². The summed E-state index contributed by atoms with van der Waals surface area (Å²) in [6, 6.07) is 0.502. The molecule has 2 amide bonds. The van der Waals surface area contributed by atoms with Gasteiger partial charge in [0.2, 0.25) is 0 Å². The molecule has 2 aliphatic heterocycles. The van der Waals surface area contributed by atoms with Crippen molar-refractivity contribution in [1.29, 1.82) is 0 Å². The first-order chi connectivity index (χ1) is 9.66. The third kappa shape index (κ3) is 4.37. The summed E-state index contributed by atoms with van der Waals surface area (Å²) in [5, 5.41) is 11.2. The summed E-state index contributed by atoms with van der Waals surface area (Å²) in [5.41, 5.74) is 0. The molecule has 0 aromatic heterocycles. The molecule has 0 aliphatic carbocycles. The van der Waals surface area contributed by atoms with Crippen LogP contribution < -0.4 is 5.32 Å². The second kappa shape index (κ2) is 7.47. The van der Waals surface area contributed by atoms with Crippen LogP contribution >= 0.6 is 0 Å². The van der Waals surface area contributed by atoms with Gasteiger partial charge in [-0.15, -0.1) is 0 Å². The molecule has 0 atom stereocenters. The Hall–Kier alpha value is -1.30. The summed E-state index contributed by atoms with van der Waals surface area (Å²) >= 11 is 0. The number of aliphatic carboxylic acids is 1. The highest BCUT2D eigenvalue weighted by molar-refractivity contribution is 5.75. The van der Waals surface area contributed by atoms with E-state index in [1.54, 1.807) is 0 Å². The number of amides is 2. The Morgan fingerprint density at radius 2 is 1.70 bits per heavy atom. The van der Waals surface area contributed by atoms with Crippen LogP contribution in [0.5, 0.6) is 0 Å². The minimum absolute atomic E-state index is 0.0179. The van der Waals surface area contributed by atoms with Gasteiger partial charge in [-0.25, -0.2) is 4.79 Å². The Balaban J connectivity index is 1.67. The Kier molecular flexibility index (Phi) is 5.64. The molecular weight excluding hydrogens is 258 g/mol. The van der Waals surface area contributed by atoms with E-state index >= 15 is 0 Å². The van der Waals surface area contributed by atoms with E-state index in [0.717, 1.165) is 25.9 Å². The number of nitrogens with one attached hydrogen (secondary N) is 1. The number of carboxylic acids is 1. The van der Waals surface area contributed by atoms with Crippen LogP contribution in [0.1, 0.15) is 38.5 Å². The molecule has 0 radical (unpaired) electrons. The molecule has 2 aliphatic rings. The number of hydrogen-bond acceptors (Lipinski definition) is 3. The monoisotopic (exact) mass is 283 g/mol. The topological polar surface area (TPSA) is 72.9 Å². The third-order valence-electron chi connectivity index (χ3n) is 4.27. The molecule has 2 heterocycles. The van der Waals surface area contributed by atoms with E-state index in [9.17, 15) is 9.59 Å². The van der Waals surface area contributed by atoms with Crippen molar-refractivity contribution in [3.8, 4) is 0 Å². The maximum Gasteiger partial charge on any atom is 0.317 e. The zero-order chi connectivity index (χ0) is 14.4. The van der Waals surface area contributed by atoms with Crippen LogP contribution in [0.25, 0.3) is 0 Å². The molecule has 6 heteroatoms. The van der Waals surface area contributed by atoms with E-state index in [1.807, 2.05) is 4.90 Å². The summed E-state index contributed by atoms with van der Waals surface area (Å²) in [6.07, 6.45) is 6.00. The lowest BCUT2D eigenvalue weighted by Gasteiger charge is -2.40. The number of carbonyl (C=O) groups is 2. The zero-order valence-corrected chi connectivity index (χ0v) is 12.0. The Morgan fingerprint density at radius 3 is 2.30 bits per heavy atom. The minimum atomic E-state index is -0.880. The number of likely N-dealkylation sites (tertiary alicyclic amines) is 2. The lowest BCUT2D eigenvalue weighted by Crippen LogP contribution is -2.50. The highest BCUT2D eigenvalue weighted by Gasteiger charge is 2.27. The van der Waals surface area contributed by atoms with E-state index in [0.29, 0.717) is 6.04 Å². The van der Waals surface area contributed by atoms with Gasteiger partial charge >= 0.3 is 12.0 Å². The highest BCUT2D eigenvalue weighted by Crippen LogP contribution is 2.20. The van der Waals surface area contributed by atoms with Crippen molar-refractivity contribution in [1.82, 2.24) is 15.1 Å². The summed E-state index contributed by atoms with van der Waals surface area (Å²) in [4.78, 5) is 26.7. The van der Waals surface area contributed by atoms with E-state index in [2.05, 4.69) is 10.2 Å². The predicted molar refractivity (Wildman–Crippen MR) is 75.7 cm³/mol. The molecule has 0 bridgehead atoms. The van der Waals surface area contributed by atoms with Gasteiger partial charge in [0.05, 0.1) is 6.42 Å². The van der Waals surface area contributed by atoms with Crippen LogP contribution in [0.15, 0.2) is 0 Å². The van der Waals surface area contributed by atoms with Gasteiger partial charge in [-0.2, -0.15) is 0 Å². The number of piperidine rings is 2. The second-order valence-corrected chi connectivity index (χ2v) is 5.69. The van der Waals surface area contributed by atoms with Crippen molar-refractivity contribution in [2.45, 2.75) is 44.6 Å².